The Bertz CT molecular complexity index is 504. The Morgan fingerprint density at radius 1 is 1.40 bits per heavy atom. The predicted octanol–water partition coefficient (Wildman–Crippen LogP) is 1.21. The van der Waals surface area contributed by atoms with Crippen LogP contribution in [0.4, 0.5) is 0 Å². The van der Waals surface area contributed by atoms with Crippen molar-refractivity contribution in [3.8, 4) is 5.82 Å². The highest BCUT2D eigenvalue weighted by molar-refractivity contribution is 7.80. The maximum Gasteiger partial charge on any atom is 0.138 e. The minimum absolute atomic E-state index is 0.372. The molecule has 0 aromatic carbocycles. The third kappa shape index (κ3) is 1.87. The molecule has 0 radical (unpaired) electrons. The molecule has 0 amide bonds. The Labute approximate surface area is 92.8 Å². The summed E-state index contributed by atoms with van der Waals surface area (Å²) in [5, 5.41) is 0. The Balaban J connectivity index is 2.50. The number of nitrogens with zero attached hydrogens (tertiary/aromatic N) is 3. The van der Waals surface area contributed by atoms with Crippen molar-refractivity contribution in [2.45, 2.75) is 6.92 Å². The summed E-state index contributed by atoms with van der Waals surface area (Å²) in [4.78, 5) is 8.73. The standard InChI is InChI=1S/C10H10N4S/c1-7-12-4-5-14(7)9-6-8(10(11)15)2-3-13-9/h2-6H,1H3,(H2,11,15). The van der Waals surface area contributed by atoms with Gasteiger partial charge in [-0.1, -0.05) is 12.2 Å². The number of nitrogens with two attached hydrogens (primary N) is 1. The fourth-order valence-electron chi connectivity index (χ4n) is 1.32. The summed E-state index contributed by atoms with van der Waals surface area (Å²) < 4.78 is 1.88. The lowest BCUT2D eigenvalue weighted by Gasteiger charge is -2.05. The van der Waals surface area contributed by atoms with Gasteiger partial charge in [-0.05, 0) is 19.1 Å². The lowest BCUT2D eigenvalue weighted by molar-refractivity contribution is 0.932. The highest BCUT2D eigenvalue weighted by Gasteiger charge is 2.03. The van der Waals surface area contributed by atoms with E-state index in [4.69, 9.17) is 18.0 Å². The summed E-state index contributed by atoms with van der Waals surface area (Å²) >= 11 is 4.91. The normalized spacial score (nSPS) is 10.2. The fourth-order valence-corrected chi connectivity index (χ4v) is 1.45. The van der Waals surface area contributed by atoms with Crippen molar-refractivity contribution in [2.24, 2.45) is 5.73 Å². The minimum Gasteiger partial charge on any atom is -0.389 e. The molecule has 0 aliphatic carbocycles. The summed E-state index contributed by atoms with van der Waals surface area (Å²) in [5.74, 6) is 1.65. The van der Waals surface area contributed by atoms with Gasteiger partial charge in [-0.25, -0.2) is 9.97 Å². The van der Waals surface area contributed by atoms with Crippen LogP contribution in [0, 0.1) is 6.92 Å². The average Bonchev–Trinajstić information content (AvgIpc) is 2.64. The minimum atomic E-state index is 0.372. The molecule has 2 heterocycles. The molecule has 0 saturated heterocycles. The van der Waals surface area contributed by atoms with Crippen LogP contribution in [0.3, 0.4) is 0 Å². The van der Waals surface area contributed by atoms with E-state index >= 15 is 0 Å². The fraction of sp³-hybridized carbons (Fsp3) is 0.100. The van der Waals surface area contributed by atoms with Gasteiger partial charge in [-0.15, -0.1) is 0 Å². The van der Waals surface area contributed by atoms with Crippen LogP contribution in [-0.4, -0.2) is 19.5 Å². The first kappa shape index (κ1) is 9.79. The first-order valence-electron chi connectivity index (χ1n) is 4.44. The van der Waals surface area contributed by atoms with Gasteiger partial charge in [0, 0.05) is 24.2 Å². The smallest absolute Gasteiger partial charge is 0.138 e. The number of aryl methyl sites for hydroxylation is 1. The number of hydrogen-bond acceptors (Lipinski definition) is 3. The van der Waals surface area contributed by atoms with E-state index < -0.39 is 0 Å². The summed E-state index contributed by atoms with van der Waals surface area (Å²) in [6, 6.07) is 3.63. The molecule has 15 heavy (non-hydrogen) atoms. The zero-order valence-electron chi connectivity index (χ0n) is 8.21. The Morgan fingerprint density at radius 3 is 2.80 bits per heavy atom. The van der Waals surface area contributed by atoms with Crippen LogP contribution in [-0.2, 0) is 0 Å². The van der Waals surface area contributed by atoms with Gasteiger partial charge in [0.05, 0.1) is 0 Å². The van der Waals surface area contributed by atoms with Crippen LogP contribution in [0.2, 0.25) is 0 Å². The predicted molar refractivity (Wildman–Crippen MR) is 62.0 cm³/mol. The highest BCUT2D eigenvalue weighted by Crippen LogP contribution is 2.09. The molecule has 0 unspecified atom stereocenters. The van der Waals surface area contributed by atoms with Crippen molar-refractivity contribution in [1.29, 1.82) is 0 Å². The monoisotopic (exact) mass is 218 g/mol. The van der Waals surface area contributed by atoms with Crippen molar-refractivity contribution >= 4 is 17.2 Å². The summed E-state index contributed by atoms with van der Waals surface area (Å²) in [5.41, 5.74) is 6.36. The zero-order chi connectivity index (χ0) is 10.8. The molecule has 76 valence electrons. The number of imidazole rings is 1. The lowest BCUT2D eigenvalue weighted by Crippen LogP contribution is -2.10. The molecule has 2 N–H and O–H groups in total. The van der Waals surface area contributed by atoms with E-state index in [0.717, 1.165) is 17.2 Å². The molecule has 0 saturated carbocycles. The average molecular weight is 218 g/mol. The van der Waals surface area contributed by atoms with Gasteiger partial charge in [-0.2, -0.15) is 0 Å². The molecule has 5 heteroatoms. The van der Waals surface area contributed by atoms with Gasteiger partial charge in [0.15, 0.2) is 0 Å². The largest absolute Gasteiger partial charge is 0.389 e. The molecule has 0 atom stereocenters. The molecule has 0 aliphatic rings. The molecule has 4 nitrogen and oxygen atoms in total. The van der Waals surface area contributed by atoms with Gasteiger partial charge in [0.25, 0.3) is 0 Å². The molecule has 0 bridgehead atoms. The lowest BCUT2D eigenvalue weighted by atomic mass is 10.2. The van der Waals surface area contributed by atoms with Crippen molar-refractivity contribution in [2.75, 3.05) is 0 Å². The van der Waals surface area contributed by atoms with Crippen molar-refractivity contribution < 1.29 is 0 Å². The maximum absolute atomic E-state index is 5.55. The van der Waals surface area contributed by atoms with Crippen molar-refractivity contribution in [3.05, 3.63) is 42.1 Å². The number of hydrogen-bond donors (Lipinski definition) is 1. The third-order valence-corrected chi connectivity index (χ3v) is 2.34. The summed E-state index contributed by atoms with van der Waals surface area (Å²) in [6.45, 7) is 1.91. The number of thiocarbonyl (C=S) groups is 1. The topological polar surface area (TPSA) is 56.7 Å². The number of rotatable bonds is 2. The third-order valence-electron chi connectivity index (χ3n) is 2.10. The van der Waals surface area contributed by atoms with E-state index in [1.54, 1.807) is 18.5 Å². The van der Waals surface area contributed by atoms with Gasteiger partial charge in [-0.3, -0.25) is 4.57 Å². The SMILES string of the molecule is Cc1nccn1-c1cc(C(N)=S)ccn1. The van der Waals surface area contributed by atoms with Crippen LogP contribution < -0.4 is 5.73 Å². The second-order valence-electron chi connectivity index (χ2n) is 3.11. The van der Waals surface area contributed by atoms with E-state index in [9.17, 15) is 0 Å². The van der Waals surface area contributed by atoms with Gasteiger partial charge in [0.1, 0.15) is 16.6 Å². The van der Waals surface area contributed by atoms with E-state index in [2.05, 4.69) is 9.97 Å². The van der Waals surface area contributed by atoms with Crippen molar-refractivity contribution in [1.82, 2.24) is 14.5 Å². The molecule has 2 aromatic heterocycles. The number of aromatic nitrogens is 3. The number of pyridine rings is 1. The van der Waals surface area contributed by atoms with Crippen LogP contribution in [0.25, 0.3) is 5.82 Å². The van der Waals surface area contributed by atoms with E-state index in [1.807, 2.05) is 23.8 Å². The maximum atomic E-state index is 5.55. The first-order valence-corrected chi connectivity index (χ1v) is 4.85. The molecule has 0 fully saturated rings. The molecular weight excluding hydrogens is 208 g/mol. The second kappa shape index (κ2) is 3.78. The Hall–Kier alpha value is -1.75. The summed E-state index contributed by atoms with van der Waals surface area (Å²) in [6.07, 6.45) is 5.26. The van der Waals surface area contributed by atoms with Crippen LogP contribution in [0.5, 0.6) is 0 Å². The Kier molecular flexibility index (Phi) is 2.47. The van der Waals surface area contributed by atoms with E-state index in [0.29, 0.717) is 4.99 Å². The van der Waals surface area contributed by atoms with Crippen molar-refractivity contribution in [3.63, 3.8) is 0 Å². The van der Waals surface area contributed by atoms with Gasteiger partial charge >= 0.3 is 0 Å². The molecule has 0 spiro atoms. The molecule has 2 aromatic rings. The molecule has 0 aliphatic heterocycles. The van der Waals surface area contributed by atoms with Crippen LogP contribution in [0.15, 0.2) is 30.7 Å². The van der Waals surface area contributed by atoms with E-state index in [1.165, 1.54) is 0 Å². The molecular formula is C10H10N4S. The Morgan fingerprint density at radius 2 is 2.20 bits per heavy atom. The molecule has 2 rings (SSSR count). The quantitative estimate of drug-likeness (QED) is 0.770. The van der Waals surface area contributed by atoms with Gasteiger partial charge < -0.3 is 5.73 Å². The van der Waals surface area contributed by atoms with E-state index in [-0.39, 0.29) is 0 Å². The first-order chi connectivity index (χ1) is 7.18. The van der Waals surface area contributed by atoms with Crippen LogP contribution in [0.1, 0.15) is 11.4 Å². The second-order valence-corrected chi connectivity index (χ2v) is 3.55. The zero-order valence-corrected chi connectivity index (χ0v) is 9.03. The van der Waals surface area contributed by atoms with Gasteiger partial charge in [0.2, 0.25) is 0 Å². The van der Waals surface area contributed by atoms with Crippen LogP contribution >= 0.6 is 12.2 Å². The highest BCUT2D eigenvalue weighted by atomic mass is 32.1. The summed E-state index contributed by atoms with van der Waals surface area (Å²) in [7, 11) is 0.